The molecule has 4 aromatic carbocycles. The average molecular weight is 442 g/mol. The van der Waals surface area contributed by atoms with Crippen molar-refractivity contribution in [1.82, 2.24) is 9.97 Å². The van der Waals surface area contributed by atoms with Gasteiger partial charge in [-0.05, 0) is 59.3 Å². The third kappa shape index (κ3) is 3.91. The summed E-state index contributed by atoms with van der Waals surface area (Å²) >= 11 is 0. The molecule has 0 saturated carbocycles. The maximum Gasteiger partial charge on any atom is 0.263 e. The van der Waals surface area contributed by atoms with Crippen molar-refractivity contribution in [2.75, 3.05) is 15.8 Å². The number of nitrogen functional groups attached to an aromatic ring is 1. The molecule has 0 bridgehead atoms. The van der Waals surface area contributed by atoms with Crippen molar-refractivity contribution in [2.24, 2.45) is 0 Å². The molecule has 7 nitrogen and oxygen atoms in total. The minimum Gasteiger partial charge on any atom is -0.399 e. The first-order valence-corrected chi connectivity index (χ1v) is 11.4. The van der Waals surface area contributed by atoms with Gasteiger partial charge in [0, 0.05) is 11.4 Å². The van der Waals surface area contributed by atoms with E-state index >= 15 is 0 Å². The van der Waals surface area contributed by atoms with E-state index in [-0.39, 0.29) is 10.7 Å². The largest absolute Gasteiger partial charge is 0.399 e. The lowest BCUT2D eigenvalue weighted by molar-refractivity contribution is 0.601. The van der Waals surface area contributed by atoms with Crippen molar-refractivity contribution >= 4 is 54.8 Å². The Balaban J connectivity index is 1.57. The van der Waals surface area contributed by atoms with Crippen molar-refractivity contribution in [3.63, 3.8) is 0 Å². The van der Waals surface area contributed by atoms with Crippen LogP contribution in [0.1, 0.15) is 0 Å². The number of fused-ring (bicyclic) bond motifs is 2. The Morgan fingerprint density at radius 1 is 0.688 bits per heavy atom. The molecular weight excluding hydrogens is 422 g/mol. The number of nitrogens with zero attached hydrogens (tertiary/aromatic N) is 2. The minimum atomic E-state index is -3.90. The summed E-state index contributed by atoms with van der Waals surface area (Å²) < 4.78 is 28.5. The van der Waals surface area contributed by atoms with E-state index in [1.807, 2.05) is 60.7 Å². The Kier molecular flexibility index (Phi) is 4.84. The van der Waals surface area contributed by atoms with Gasteiger partial charge in [-0.25, -0.2) is 18.4 Å². The smallest absolute Gasteiger partial charge is 0.263 e. The van der Waals surface area contributed by atoms with Crippen LogP contribution in [0, 0.1) is 0 Å². The van der Waals surface area contributed by atoms with Crippen LogP contribution >= 0.6 is 0 Å². The van der Waals surface area contributed by atoms with Crippen LogP contribution in [0.15, 0.2) is 95.9 Å². The van der Waals surface area contributed by atoms with Gasteiger partial charge in [-0.15, -0.1) is 0 Å². The summed E-state index contributed by atoms with van der Waals surface area (Å²) in [5.41, 5.74) is 8.15. The Hall–Kier alpha value is -4.17. The van der Waals surface area contributed by atoms with Crippen LogP contribution < -0.4 is 15.8 Å². The number of nitrogens with one attached hydrogen (secondary N) is 2. The Morgan fingerprint density at radius 3 is 2.03 bits per heavy atom. The summed E-state index contributed by atoms with van der Waals surface area (Å²) in [5.74, 6) is 0.409. The monoisotopic (exact) mass is 441 g/mol. The van der Waals surface area contributed by atoms with Gasteiger partial charge in [-0.2, -0.15) is 0 Å². The van der Waals surface area contributed by atoms with E-state index in [1.165, 1.54) is 24.3 Å². The van der Waals surface area contributed by atoms with Crippen molar-refractivity contribution < 1.29 is 8.42 Å². The SMILES string of the molecule is Nc1ccc(S(=O)(=O)Nc2nc3ccccc3nc2Nc2ccc3ccccc3c2)cc1. The highest BCUT2D eigenvalue weighted by molar-refractivity contribution is 7.92. The molecule has 0 spiro atoms. The van der Waals surface area contributed by atoms with Crippen molar-refractivity contribution in [1.29, 1.82) is 0 Å². The number of hydrogen-bond donors (Lipinski definition) is 3. The van der Waals surface area contributed by atoms with E-state index in [1.54, 1.807) is 6.07 Å². The number of para-hydroxylation sites is 2. The van der Waals surface area contributed by atoms with Gasteiger partial charge in [-0.3, -0.25) is 4.72 Å². The van der Waals surface area contributed by atoms with Crippen LogP contribution in [0.2, 0.25) is 0 Å². The van der Waals surface area contributed by atoms with Gasteiger partial charge in [-0.1, -0.05) is 42.5 Å². The number of sulfonamides is 1. The van der Waals surface area contributed by atoms with Crippen LogP contribution in [0.5, 0.6) is 0 Å². The number of anilines is 4. The van der Waals surface area contributed by atoms with E-state index in [9.17, 15) is 8.42 Å². The zero-order valence-electron chi connectivity index (χ0n) is 16.9. The molecule has 4 N–H and O–H groups in total. The van der Waals surface area contributed by atoms with Crippen LogP contribution in [0.25, 0.3) is 21.8 Å². The number of nitrogens with two attached hydrogens (primary N) is 1. The molecule has 0 fully saturated rings. The maximum absolute atomic E-state index is 13.0. The van der Waals surface area contributed by atoms with Crippen molar-refractivity contribution in [2.45, 2.75) is 4.90 Å². The average Bonchev–Trinajstić information content (AvgIpc) is 2.79. The molecule has 0 unspecified atom stereocenters. The number of aromatic nitrogens is 2. The first kappa shape index (κ1) is 19.8. The van der Waals surface area contributed by atoms with E-state index in [2.05, 4.69) is 20.0 Å². The lowest BCUT2D eigenvalue weighted by Crippen LogP contribution is -2.16. The fraction of sp³-hybridized carbons (Fsp3) is 0. The van der Waals surface area contributed by atoms with E-state index in [0.717, 1.165) is 16.5 Å². The lowest BCUT2D eigenvalue weighted by atomic mass is 10.1. The van der Waals surface area contributed by atoms with E-state index in [4.69, 9.17) is 5.73 Å². The van der Waals surface area contributed by atoms with Gasteiger partial charge in [0.15, 0.2) is 11.6 Å². The van der Waals surface area contributed by atoms with E-state index in [0.29, 0.717) is 22.5 Å². The van der Waals surface area contributed by atoms with E-state index < -0.39 is 10.0 Å². The molecule has 32 heavy (non-hydrogen) atoms. The normalized spacial score (nSPS) is 11.5. The second kappa shape index (κ2) is 7.82. The third-order valence-electron chi connectivity index (χ3n) is 5.00. The second-order valence-corrected chi connectivity index (χ2v) is 8.95. The van der Waals surface area contributed by atoms with Crippen molar-refractivity contribution in [3.8, 4) is 0 Å². The van der Waals surface area contributed by atoms with Crippen LogP contribution in [0.3, 0.4) is 0 Å². The Morgan fingerprint density at radius 2 is 1.31 bits per heavy atom. The van der Waals surface area contributed by atoms with Crippen LogP contribution in [0.4, 0.5) is 23.0 Å². The summed E-state index contributed by atoms with van der Waals surface area (Å²) in [5, 5.41) is 5.37. The van der Waals surface area contributed by atoms with Gasteiger partial charge in [0.2, 0.25) is 0 Å². The minimum absolute atomic E-state index is 0.0818. The molecule has 0 aliphatic rings. The first-order chi connectivity index (χ1) is 15.5. The first-order valence-electron chi connectivity index (χ1n) is 9.89. The molecule has 0 saturated heterocycles. The number of rotatable bonds is 5. The molecule has 0 atom stereocenters. The quantitative estimate of drug-likeness (QED) is 0.334. The highest BCUT2D eigenvalue weighted by Crippen LogP contribution is 2.28. The summed E-state index contributed by atoms with van der Waals surface area (Å²) in [6, 6.07) is 27.1. The fourth-order valence-corrected chi connectivity index (χ4v) is 4.40. The molecule has 0 radical (unpaired) electrons. The fourth-order valence-electron chi connectivity index (χ4n) is 3.40. The summed E-state index contributed by atoms with van der Waals surface area (Å²) in [6.45, 7) is 0. The lowest BCUT2D eigenvalue weighted by Gasteiger charge is -2.14. The zero-order valence-corrected chi connectivity index (χ0v) is 17.7. The molecule has 0 amide bonds. The summed E-state index contributed by atoms with van der Waals surface area (Å²) in [6.07, 6.45) is 0. The van der Waals surface area contributed by atoms with Gasteiger partial charge in [0.1, 0.15) is 0 Å². The molecule has 1 heterocycles. The topological polar surface area (TPSA) is 110 Å². The predicted octanol–water partition coefficient (Wildman–Crippen LogP) is 4.91. The second-order valence-electron chi connectivity index (χ2n) is 7.27. The number of benzene rings is 4. The predicted molar refractivity (Wildman–Crippen MR) is 128 cm³/mol. The van der Waals surface area contributed by atoms with Crippen molar-refractivity contribution in [3.05, 3.63) is 91.0 Å². The summed E-state index contributed by atoms with van der Waals surface area (Å²) in [4.78, 5) is 9.23. The molecule has 0 aliphatic heterocycles. The van der Waals surface area contributed by atoms with Gasteiger partial charge < -0.3 is 11.1 Å². The summed E-state index contributed by atoms with van der Waals surface area (Å²) in [7, 11) is -3.90. The molecule has 1 aromatic heterocycles. The van der Waals surface area contributed by atoms with Gasteiger partial charge in [0.05, 0.1) is 15.9 Å². The third-order valence-corrected chi connectivity index (χ3v) is 6.36. The molecule has 5 aromatic rings. The molecule has 5 rings (SSSR count). The molecule has 0 aliphatic carbocycles. The maximum atomic E-state index is 13.0. The molecule has 158 valence electrons. The van der Waals surface area contributed by atoms with Crippen LogP contribution in [-0.4, -0.2) is 18.4 Å². The Labute approximate surface area is 185 Å². The highest BCUT2D eigenvalue weighted by Gasteiger charge is 2.19. The standard InChI is InChI=1S/C24H19N5O2S/c25-18-10-13-20(14-11-18)32(30,31)29-24-23(27-21-7-3-4-8-22(21)28-24)26-19-12-9-16-5-1-2-6-17(16)15-19/h1-15H,25H2,(H,26,27)(H,28,29). The van der Waals surface area contributed by atoms with Gasteiger partial charge >= 0.3 is 0 Å². The van der Waals surface area contributed by atoms with Gasteiger partial charge in [0.25, 0.3) is 10.0 Å². The zero-order chi connectivity index (χ0) is 22.1. The molecule has 8 heteroatoms. The highest BCUT2D eigenvalue weighted by atomic mass is 32.2. The van der Waals surface area contributed by atoms with Crippen LogP contribution in [-0.2, 0) is 10.0 Å². The number of hydrogen-bond acceptors (Lipinski definition) is 6. The molecular formula is C24H19N5O2S. The Bertz CT molecular complexity index is 1550.